The van der Waals surface area contributed by atoms with Gasteiger partial charge in [-0.1, -0.05) is 26.0 Å². The van der Waals surface area contributed by atoms with Crippen molar-refractivity contribution in [3.63, 3.8) is 0 Å². The molecule has 1 N–H and O–H groups in total. The zero-order chi connectivity index (χ0) is 14.4. The molecule has 0 aliphatic rings. The molecule has 4 nitrogen and oxygen atoms in total. The van der Waals surface area contributed by atoms with Crippen LogP contribution in [-0.2, 0) is 13.0 Å². The molecule has 1 heterocycles. The van der Waals surface area contributed by atoms with Crippen LogP contribution in [0.4, 0.5) is 0 Å². The van der Waals surface area contributed by atoms with Crippen molar-refractivity contribution in [3.8, 4) is 6.07 Å². The highest BCUT2D eigenvalue weighted by Gasteiger charge is 2.12. The summed E-state index contributed by atoms with van der Waals surface area (Å²) in [5.74, 6) is 1.38. The number of rotatable bonds is 7. The lowest BCUT2D eigenvalue weighted by Crippen LogP contribution is -2.25. The predicted octanol–water partition coefficient (Wildman–Crippen LogP) is 2.74. The molecule has 0 fully saturated rings. The lowest BCUT2D eigenvalue weighted by atomic mass is 10.1. The Morgan fingerprint density at radius 3 is 2.95 bits per heavy atom. The van der Waals surface area contributed by atoms with Gasteiger partial charge in [-0.05, 0) is 37.6 Å². The van der Waals surface area contributed by atoms with Crippen molar-refractivity contribution in [1.82, 2.24) is 14.9 Å². The minimum atomic E-state index is 0.365. The summed E-state index contributed by atoms with van der Waals surface area (Å²) in [6.07, 6.45) is 1.52. The molecule has 20 heavy (non-hydrogen) atoms. The van der Waals surface area contributed by atoms with E-state index in [1.807, 2.05) is 18.2 Å². The Kier molecular flexibility index (Phi) is 5.14. The number of nitrogens with zero attached hydrogens (tertiary/aromatic N) is 3. The number of benzene rings is 1. The van der Waals surface area contributed by atoms with Crippen molar-refractivity contribution >= 4 is 11.0 Å². The van der Waals surface area contributed by atoms with Gasteiger partial charge in [-0.15, -0.1) is 0 Å². The predicted molar refractivity (Wildman–Crippen MR) is 81.4 cm³/mol. The minimum Gasteiger partial charge on any atom is -0.327 e. The van der Waals surface area contributed by atoms with Gasteiger partial charge in [0.2, 0.25) is 0 Å². The topological polar surface area (TPSA) is 53.6 Å². The average molecular weight is 270 g/mol. The van der Waals surface area contributed by atoms with E-state index in [1.165, 1.54) is 0 Å². The number of para-hydroxylation sites is 2. The summed E-state index contributed by atoms with van der Waals surface area (Å²) in [6, 6.07) is 10.3. The average Bonchev–Trinajstić information content (AvgIpc) is 2.78. The van der Waals surface area contributed by atoms with Gasteiger partial charge in [-0.2, -0.15) is 5.26 Å². The molecular weight excluding hydrogens is 248 g/mol. The maximum Gasteiger partial charge on any atom is 0.124 e. The van der Waals surface area contributed by atoms with E-state index in [9.17, 15) is 0 Å². The number of hydrogen-bond donors (Lipinski definition) is 1. The van der Waals surface area contributed by atoms with Gasteiger partial charge in [-0.25, -0.2) is 4.98 Å². The van der Waals surface area contributed by atoms with E-state index in [0.717, 1.165) is 42.9 Å². The number of hydrogen-bond acceptors (Lipinski definition) is 3. The zero-order valence-corrected chi connectivity index (χ0v) is 12.3. The highest BCUT2D eigenvalue weighted by atomic mass is 15.1. The van der Waals surface area contributed by atoms with E-state index in [0.29, 0.717) is 12.3 Å². The summed E-state index contributed by atoms with van der Waals surface area (Å²) in [5, 5.41) is 12.4. The maximum atomic E-state index is 8.96. The number of nitriles is 1. The van der Waals surface area contributed by atoms with Crippen molar-refractivity contribution in [2.24, 2.45) is 5.92 Å². The number of nitrogens with one attached hydrogen (secondary N) is 1. The summed E-state index contributed by atoms with van der Waals surface area (Å²) in [4.78, 5) is 4.57. The molecule has 0 saturated heterocycles. The molecule has 0 spiro atoms. The van der Waals surface area contributed by atoms with Crippen LogP contribution < -0.4 is 5.32 Å². The Labute approximate surface area is 120 Å². The molecule has 1 unspecified atom stereocenters. The molecule has 0 saturated carbocycles. The fourth-order valence-electron chi connectivity index (χ4n) is 2.44. The van der Waals surface area contributed by atoms with E-state index in [4.69, 9.17) is 5.26 Å². The van der Waals surface area contributed by atoms with Crippen LogP contribution in [0.3, 0.4) is 0 Å². The monoisotopic (exact) mass is 270 g/mol. The highest BCUT2D eigenvalue weighted by molar-refractivity contribution is 5.75. The van der Waals surface area contributed by atoms with Gasteiger partial charge >= 0.3 is 0 Å². The standard InChI is InChI=1S/C16H22N4/c1-3-10-18-11-13(2)12-20-15-7-5-4-6-14(15)19-16(20)8-9-17/h4-7,13,18H,3,8,10-12H2,1-2H3. The Bertz CT molecular complexity index is 594. The Hall–Kier alpha value is -1.86. The van der Waals surface area contributed by atoms with Crippen LogP contribution in [0.2, 0.25) is 0 Å². The van der Waals surface area contributed by atoms with Crippen LogP contribution in [0, 0.1) is 17.2 Å². The summed E-state index contributed by atoms with van der Waals surface area (Å²) < 4.78 is 2.19. The summed E-state index contributed by atoms with van der Waals surface area (Å²) >= 11 is 0. The van der Waals surface area contributed by atoms with E-state index in [1.54, 1.807) is 0 Å². The molecule has 2 rings (SSSR count). The van der Waals surface area contributed by atoms with Crippen LogP contribution in [0.1, 0.15) is 26.1 Å². The molecule has 1 atom stereocenters. The first-order valence-corrected chi connectivity index (χ1v) is 7.28. The molecule has 4 heteroatoms. The van der Waals surface area contributed by atoms with Gasteiger partial charge in [0.1, 0.15) is 5.82 Å². The lowest BCUT2D eigenvalue weighted by molar-refractivity contribution is 0.445. The molecule has 0 amide bonds. The first-order chi connectivity index (χ1) is 9.76. The molecule has 0 radical (unpaired) electrons. The highest BCUT2D eigenvalue weighted by Crippen LogP contribution is 2.18. The van der Waals surface area contributed by atoms with E-state index >= 15 is 0 Å². The van der Waals surface area contributed by atoms with Crippen LogP contribution in [0.5, 0.6) is 0 Å². The molecular formula is C16H22N4. The molecule has 106 valence electrons. The van der Waals surface area contributed by atoms with Gasteiger partial charge in [0.25, 0.3) is 0 Å². The van der Waals surface area contributed by atoms with Crippen molar-refractivity contribution < 1.29 is 0 Å². The van der Waals surface area contributed by atoms with Crippen LogP contribution >= 0.6 is 0 Å². The third-order valence-corrected chi connectivity index (χ3v) is 3.38. The first-order valence-electron chi connectivity index (χ1n) is 7.28. The van der Waals surface area contributed by atoms with Gasteiger partial charge in [-0.3, -0.25) is 0 Å². The first kappa shape index (κ1) is 14.5. The van der Waals surface area contributed by atoms with Gasteiger partial charge < -0.3 is 9.88 Å². The SMILES string of the molecule is CCCNCC(C)Cn1c(CC#N)nc2ccccc21. The largest absolute Gasteiger partial charge is 0.327 e. The summed E-state index contributed by atoms with van der Waals surface area (Å²) in [6.45, 7) is 7.35. The third-order valence-electron chi connectivity index (χ3n) is 3.38. The zero-order valence-electron chi connectivity index (χ0n) is 12.3. The molecule has 0 aliphatic heterocycles. The molecule has 2 aromatic rings. The number of fused-ring (bicyclic) bond motifs is 1. The summed E-state index contributed by atoms with van der Waals surface area (Å²) in [7, 11) is 0. The molecule has 0 aliphatic carbocycles. The second kappa shape index (κ2) is 7.06. The van der Waals surface area contributed by atoms with Crippen molar-refractivity contribution in [2.75, 3.05) is 13.1 Å². The number of aromatic nitrogens is 2. The Morgan fingerprint density at radius 1 is 1.40 bits per heavy atom. The third kappa shape index (κ3) is 3.37. The number of imidazole rings is 1. The maximum absolute atomic E-state index is 8.96. The van der Waals surface area contributed by atoms with Crippen LogP contribution in [0.15, 0.2) is 24.3 Å². The van der Waals surface area contributed by atoms with Crippen LogP contribution in [-0.4, -0.2) is 22.6 Å². The second-order valence-electron chi connectivity index (χ2n) is 5.27. The van der Waals surface area contributed by atoms with Crippen molar-refractivity contribution in [3.05, 3.63) is 30.1 Å². The normalized spacial score (nSPS) is 12.4. The van der Waals surface area contributed by atoms with E-state index in [2.05, 4.69) is 40.9 Å². The lowest BCUT2D eigenvalue weighted by Gasteiger charge is -2.15. The second-order valence-corrected chi connectivity index (χ2v) is 5.27. The van der Waals surface area contributed by atoms with E-state index < -0.39 is 0 Å². The smallest absolute Gasteiger partial charge is 0.124 e. The van der Waals surface area contributed by atoms with Gasteiger partial charge in [0.15, 0.2) is 0 Å². The van der Waals surface area contributed by atoms with Gasteiger partial charge in [0, 0.05) is 6.54 Å². The van der Waals surface area contributed by atoms with Crippen molar-refractivity contribution in [2.45, 2.75) is 33.2 Å². The molecule has 1 aromatic carbocycles. The fraction of sp³-hybridized carbons (Fsp3) is 0.500. The quantitative estimate of drug-likeness (QED) is 0.787. The molecule has 0 bridgehead atoms. The summed E-state index contributed by atoms with van der Waals surface area (Å²) in [5.41, 5.74) is 2.10. The van der Waals surface area contributed by atoms with Crippen molar-refractivity contribution in [1.29, 1.82) is 5.26 Å². The van der Waals surface area contributed by atoms with Gasteiger partial charge in [0.05, 0.1) is 23.5 Å². The van der Waals surface area contributed by atoms with Crippen LogP contribution in [0.25, 0.3) is 11.0 Å². The fourth-order valence-corrected chi connectivity index (χ4v) is 2.44. The Balaban J connectivity index is 2.18. The molecule has 1 aromatic heterocycles. The minimum absolute atomic E-state index is 0.365. The Morgan fingerprint density at radius 2 is 2.20 bits per heavy atom. The van der Waals surface area contributed by atoms with E-state index in [-0.39, 0.29) is 0 Å².